The molecule has 3 aliphatic rings. The van der Waals surface area contributed by atoms with Crippen LogP contribution in [-0.4, -0.2) is 55.1 Å². The van der Waals surface area contributed by atoms with Crippen molar-refractivity contribution in [2.45, 2.75) is 57.3 Å². The van der Waals surface area contributed by atoms with Crippen molar-refractivity contribution in [1.29, 1.82) is 0 Å². The summed E-state index contributed by atoms with van der Waals surface area (Å²) < 4.78 is 48.9. The van der Waals surface area contributed by atoms with Gasteiger partial charge >= 0.3 is 5.97 Å². The summed E-state index contributed by atoms with van der Waals surface area (Å²) in [6, 6.07) is 18.4. The fourth-order valence-corrected chi connectivity index (χ4v) is 6.94. The maximum Gasteiger partial charge on any atom is 0.344 e. The van der Waals surface area contributed by atoms with Crippen LogP contribution in [0.2, 0.25) is 0 Å². The van der Waals surface area contributed by atoms with Crippen molar-refractivity contribution in [2.24, 2.45) is 5.41 Å². The van der Waals surface area contributed by atoms with Gasteiger partial charge in [0, 0.05) is 16.7 Å². The Morgan fingerprint density at radius 2 is 1.65 bits per heavy atom. The maximum atomic E-state index is 13.8. The molecule has 46 heavy (non-hydrogen) atoms. The van der Waals surface area contributed by atoms with Crippen LogP contribution >= 0.6 is 11.8 Å². The van der Waals surface area contributed by atoms with Crippen LogP contribution in [0.5, 0.6) is 17.2 Å². The number of ether oxygens (including phenoxy) is 6. The zero-order chi connectivity index (χ0) is 32.7. The number of carbonyl (C=O) groups excluding carboxylic acids is 2. The number of hydrogen-bond acceptors (Lipinski definition) is 9. The summed E-state index contributed by atoms with van der Waals surface area (Å²) in [5.41, 5.74) is 1.45. The molecule has 3 heterocycles. The Kier molecular flexibility index (Phi) is 8.69. The largest absolute Gasteiger partial charge is 0.482 e. The van der Waals surface area contributed by atoms with E-state index < -0.39 is 22.6 Å². The molecule has 0 spiro atoms. The summed E-state index contributed by atoms with van der Waals surface area (Å²) in [5, 5.41) is -0.480. The third-order valence-electron chi connectivity index (χ3n) is 7.81. The second kappa shape index (κ2) is 12.4. The Labute approximate surface area is 272 Å². The predicted molar refractivity (Wildman–Crippen MR) is 171 cm³/mol. The lowest BCUT2D eigenvalue weighted by Gasteiger charge is -2.49. The summed E-state index contributed by atoms with van der Waals surface area (Å²) in [6.07, 6.45) is 0. The topological polar surface area (TPSA) is 92.8 Å². The number of thioether (sulfide) groups is 1. The highest BCUT2D eigenvalue weighted by atomic mass is 32.2. The van der Waals surface area contributed by atoms with Crippen LogP contribution in [0.25, 0.3) is 0 Å². The number of carbonyl (C=O) groups is 2. The molecule has 0 aliphatic carbocycles. The number of nitrogens with zero attached hydrogens (tertiary/aromatic N) is 1. The average molecular weight is 652 g/mol. The van der Waals surface area contributed by atoms with Gasteiger partial charge in [0.1, 0.15) is 22.4 Å². The number of β-lactam (4-membered cyclic amide) rings is 1. The minimum absolute atomic E-state index is 0.108. The van der Waals surface area contributed by atoms with Gasteiger partial charge in [-0.15, -0.1) is 11.8 Å². The lowest BCUT2D eigenvalue weighted by Crippen LogP contribution is -2.58. The SMILES string of the molecule is CC1(C)COC(CSC2C(=O)N(c3ccc(F)cc3)C2c2ccc(OCC(=O)OC(C)(C)C)cc2)(c2ccc3c(c2)OCO3)OC1. The number of hydrogen-bond donors (Lipinski definition) is 0. The molecule has 1 amide bonds. The number of anilines is 1. The van der Waals surface area contributed by atoms with E-state index in [0.29, 0.717) is 41.9 Å². The monoisotopic (exact) mass is 651 g/mol. The third-order valence-corrected chi connectivity index (χ3v) is 9.17. The molecule has 0 radical (unpaired) electrons. The van der Waals surface area contributed by atoms with E-state index >= 15 is 0 Å². The van der Waals surface area contributed by atoms with Crippen LogP contribution < -0.4 is 19.1 Å². The lowest BCUT2D eigenvalue weighted by atomic mass is 9.92. The molecule has 0 N–H and O–H groups in total. The van der Waals surface area contributed by atoms with E-state index in [9.17, 15) is 14.0 Å². The molecule has 2 fully saturated rings. The molecule has 11 heteroatoms. The van der Waals surface area contributed by atoms with E-state index in [1.54, 1.807) is 49.9 Å². The van der Waals surface area contributed by atoms with E-state index in [-0.39, 0.29) is 36.6 Å². The van der Waals surface area contributed by atoms with Crippen molar-refractivity contribution in [3.8, 4) is 17.2 Å². The number of esters is 1. The van der Waals surface area contributed by atoms with Gasteiger partial charge in [-0.05, 0) is 80.9 Å². The molecule has 3 aliphatic heterocycles. The second-order valence-corrected chi connectivity index (χ2v) is 14.5. The van der Waals surface area contributed by atoms with E-state index in [0.717, 1.165) is 11.1 Å². The lowest BCUT2D eigenvalue weighted by molar-refractivity contribution is -0.295. The smallest absolute Gasteiger partial charge is 0.344 e. The summed E-state index contributed by atoms with van der Waals surface area (Å²) in [6.45, 7) is 10.4. The zero-order valence-corrected chi connectivity index (χ0v) is 27.4. The van der Waals surface area contributed by atoms with Crippen molar-refractivity contribution in [3.63, 3.8) is 0 Å². The van der Waals surface area contributed by atoms with Crippen molar-refractivity contribution >= 4 is 29.3 Å². The number of benzene rings is 3. The van der Waals surface area contributed by atoms with E-state index in [2.05, 4.69) is 13.8 Å². The number of fused-ring (bicyclic) bond motifs is 1. The number of halogens is 1. The van der Waals surface area contributed by atoms with Crippen molar-refractivity contribution in [2.75, 3.05) is 37.3 Å². The van der Waals surface area contributed by atoms with E-state index in [4.69, 9.17) is 28.4 Å². The van der Waals surface area contributed by atoms with Crippen LogP contribution in [0.4, 0.5) is 10.1 Å². The maximum absolute atomic E-state index is 13.8. The van der Waals surface area contributed by atoms with Gasteiger partial charge in [0.05, 0.1) is 25.0 Å². The Hall–Kier alpha value is -3.80. The Morgan fingerprint density at radius 1 is 0.978 bits per heavy atom. The molecule has 2 atom stereocenters. The molecule has 244 valence electrons. The average Bonchev–Trinajstić information content (AvgIpc) is 3.48. The van der Waals surface area contributed by atoms with Gasteiger partial charge in [0.2, 0.25) is 18.5 Å². The highest BCUT2D eigenvalue weighted by Crippen LogP contribution is 2.49. The highest BCUT2D eigenvalue weighted by molar-refractivity contribution is 8.00. The quantitative estimate of drug-likeness (QED) is 0.193. The number of rotatable bonds is 9. The molecule has 3 aromatic carbocycles. The fraction of sp³-hybridized carbons (Fsp3) is 0.429. The Bertz CT molecular complexity index is 1580. The minimum Gasteiger partial charge on any atom is -0.482 e. The minimum atomic E-state index is -1.11. The summed E-state index contributed by atoms with van der Waals surface area (Å²) in [7, 11) is 0. The summed E-state index contributed by atoms with van der Waals surface area (Å²) in [4.78, 5) is 27.6. The molecule has 6 rings (SSSR count). The fourth-order valence-electron chi connectivity index (χ4n) is 5.49. The van der Waals surface area contributed by atoms with Gasteiger partial charge in [0.25, 0.3) is 0 Å². The molecule has 0 bridgehead atoms. The first-order chi connectivity index (χ1) is 21.8. The molecule has 3 aromatic rings. The van der Waals surface area contributed by atoms with Gasteiger partial charge in [-0.3, -0.25) is 4.79 Å². The second-order valence-electron chi connectivity index (χ2n) is 13.4. The van der Waals surface area contributed by atoms with Crippen LogP contribution in [0.15, 0.2) is 66.7 Å². The van der Waals surface area contributed by atoms with Crippen LogP contribution in [0.1, 0.15) is 51.8 Å². The van der Waals surface area contributed by atoms with Crippen LogP contribution in [0.3, 0.4) is 0 Å². The van der Waals surface area contributed by atoms with Crippen LogP contribution in [-0.2, 0) is 29.6 Å². The molecule has 2 unspecified atom stereocenters. The molecule has 9 nitrogen and oxygen atoms in total. The standard InChI is InChI=1S/C35H38FNO8S/c1-33(2,3)45-29(38)17-40-26-13-6-22(7-14-26)30-31(32(39)37(30)25-11-9-24(36)10-12-25)46-20-35(43-18-34(4,5)19-44-35)23-8-15-27-28(16-23)42-21-41-27/h6-16,30-31H,17-21H2,1-5H3. The highest BCUT2D eigenvalue weighted by Gasteiger charge is 2.52. The zero-order valence-electron chi connectivity index (χ0n) is 26.5. The van der Waals surface area contributed by atoms with Crippen LogP contribution in [0, 0.1) is 11.2 Å². The Balaban J connectivity index is 1.24. The van der Waals surface area contributed by atoms with Crippen molar-refractivity contribution in [3.05, 3.63) is 83.7 Å². The Morgan fingerprint density at radius 3 is 2.33 bits per heavy atom. The normalized spacial score (nSPS) is 21.4. The van der Waals surface area contributed by atoms with Gasteiger partial charge in [-0.2, -0.15) is 0 Å². The van der Waals surface area contributed by atoms with Gasteiger partial charge in [-0.25, -0.2) is 9.18 Å². The first kappa shape index (κ1) is 32.2. The molecule has 0 saturated carbocycles. The molecular weight excluding hydrogens is 613 g/mol. The van der Waals surface area contributed by atoms with Crippen molar-refractivity contribution < 1.29 is 42.4 Å². The van der Waals surface area contributed by atoms with Gasteiger partial charge < -0.3 is 33.3 Å². The third kappa shape index (κ3) is 6.82. The first-order valence-electron chi connectivity index (χ1n) is 15.2. The summed E-state index contributed by atoms with van der Waals surface area (Å²) >= 11 is 1.45. The van der Waals surface area contributed by atoms with E-state index in [1.165, 1.54) is 23.9 Å². The molecular formula is C35H38FNO8S. The summed E-state index contributed by atoms with van der Waals surface area (Å²) in [5.74, 6) is 0.0392. The first-order valence-corrected chi connectivity index (χ1v) is 16.2. The van der Waals surface area contributed by atoms with Gasteiger partial charge in [0.15, 0.2) is 18.1 Å². The van der Waals surface area contributed by atoms with Crippen molar-refractivity contribution in [1.82, 2.24) is 0 Å². The molecule has 2 saturated heterocycles. The predicted octanol–water partition coefficient (Wildman–Crippen LogP) is 6.39. The number of amides is 1. The van der Waals surface area contributed by atoms with E-state index in [1.807, 2.05) is 30.3 Å². The van der Waals surface area contributed by atoms with Gasteiger partial charge in [-0.1, -0.05) is 26.0 Å². The molecule has 0 aromatic heterocycles.